The lowest BCUT2D eigenvalue weighted by Gasteiger charge is -2.61. The van der Waals surface area contributed by atoms with Crippen LogP contribution in [0, 0.1) is 24.7 Å². The number of para-hydroxylation sites is 1. The van der Waals surface area contributed by atoms with Crippen molar-refractivity contribution >= 4 is 34.9 Å². The van der Waals surface area contributed by atoms with E-state index in [0.717, 1.165) is 85.7 Å². The fourth-order valence-electron chi connectivity index (χ4n) is 9.62. The maximum Gasteiger partial charge on any atom is 0.331 e. The van der Waals surface area contributed by atoms with E-state index in [1.54, 1.807) is 7.11 Å². The SMILES string of the molecule is COCCc1cccc(C)c1N1Cc2cnc(Nc3ccc(N4CCN(C)CC4)cc3)nc2N(C23CC4CC(CC(C4)C2)C3)C1=O. The van der Waals surface area contributed by atoms with Gasteiger partial charge in [-0.15, -0.1) is 0 Å². The molecule has 2 aliphatic heterocycles. The highest BCUT2D eigenvalue weighted by Crippen LogP contribution is 2.59. The van der Waals surface area contributed by atoms with E-state index < -0.39 is 0 Å². The number of ether oxygens (including phenoxy) is 1. The minimum atomic E-state index is -0.190. The number of hydrogen-bond donors (Lipinski definition) is 1. The summed E-state index contributed by atoms with van der Waals surface area (Å²) >= 11 is 0. The summed E-state index contributed by atoms with van der Waals surface area (Å²) in [4.78, 5) is 33.9. The molecule has 46 heavy (non-hydrogen) atoms. The molecule has 5 fully saturated rings. The lowest BCUT2D eigenvalue weighted by Crippen LogP contribution is -2.65. The number of rotatable bonds is 8. The van der Waals surface area contributed by atoms with Crippen LogP contribution in [-0.2, 0) is 17.7 Å². The Labute approximate surface area is 272 Å². The summed E-state index contributed by atoms with van der Waals surface area (Å²) in [6, 6.07) is 15.0. The van der Waals surface area contributed by atoms with Crippen LogP contribution in [0.1, 0.15) is 55.2 Å². The van der Waals surface area contributed by atoms with Crippen LogP contribution < -0.4 is 20.0 Å². The molecule has 1 N–H and O–H groups in total. The third-order valence-electron chi connectivity index (χ3n) is 11.4. The van der Waals surface area contributed by atoms with Gasteiger partial charge >= 0.3 is 6.03 Å². The van der Waals surface area contributed by atoms with E-state index in [4.69, 9.17) is 14.7 Å². The monoisotopic (exact) mass is 621 g/mol. The molecular formula is C37H47N7O2. The number of benzene rings is 2. The molecule has 9 heteroatoms. The van der Waals surface area contributed by atoms with Gasteiger partial charge in [0, 0.05) is 56.4 Å². The molecule has 242 valence electrons. The molecule has 6 aliphatic rings. The summed E-state index contributed by atoms with van der Waals surface area (Å²) in [5.74, 6) is 3.44. The van der Waals surface area contributed by atoms with Crippen molar-refractivity contribution in [1.29, 1.82) is 0 Å². The number of carbonyl (C=O) groups is 1. The van der Waals surface area contributed by atoms with Gasteiger partial charge in [0.1, 0.15) is 5.82 Å². The molecule has 4 saturated carbocycles. The molecule has 0 radical (unpaired) electrons. The van der Waals surface area contributed by atoms with Crippen molar-refractivity contribution in [3.05, 3.63) is 65.4 Å². The Morgan fingerprint density at radius 3 is 2.33 bits per heavy atom. The molecule has 0 spiro atoms. The zero-order chi connectivity index (χ0) is 31.4. The Hall–Kier alpha value is -3.69. The Kier molecular flexibility index (Phi) is 7.64. The molecule has 2 amide bonds. The van der Waals surface area contributed by atoms with Crippen molar-refractivity contribution in [1.82, 2.24) is 14.9 Å². The van der Waals surface area contributed by atoms with Crippen LogP contribution in [0.5, 0.6) is 0 Å². The molecule has 2 aromatic carbocycles. The summed E-state index contributed by atoms with van der Waals surface area (Å²) in [7, 11) is 3.92. The van der Waals surface area contributed by atoms with Crippen LogP contribution in [0.2, 0.25) is 0 Å². The largest absolute Gasteiger partial charge is 0.384 e. The number of amides is 2. The molecule has 4 bridgehead atoms. The number of likely N-dealkylation sites (N-methyl/N-ethyl adjacent to an activating group) is 1. The number of methoxy groups -OCH3 is 1. The van der Waals surface area contributed by atoms with Gasteiger partial charge in [-0.2, -0.15) is 4.98 Å². The number of nitrogens with zero attached hydrogens (tertiary/aromatic N) is 6. The van der Waals surface area contributed by atoms with Gasteiger partial charge in [-0.05, 0) is 112 Å². The average molecular weight is 622 g/mol. The first-order chi connectivity index (χ1) is 22.4. The summed E-state index contributed by atoms with van der Waals surface area (Å²) in [5.41, 5.74) is 6.26. The van der Waals surface area contributed by atoms with Crippen LogP contribution in [0.4, 0.5) is 33.6 Å². The Balaban J connectivity index is 1.14. The fraction of sp³-hybridized carbons (Fsp3) is 0.541. The Morgan fingerprint density at radius 1 is 0.957 bits per heavy atom. The minimum absolute atomic E-state index is 0.0589. The molecule has 4 aliphatic carbocycles. The number of anilines is 5. The van der Waals surface area contributed by atoms with Gasteiger partial charge in [0.15, 0.2) is 0 Å². The van der Waals surface area contributed by atoms with E-state index in [9.17, 15) is 4.79 Å². The van der Waals surface area contributed by atoms with Crippen LogP contribution >= 0.6 is 0 Å². The predicted molar refractivity (Wildman–Crippen MR) is 183 cm³/mol. The zero-order valence-corrected chi connectivity index (χ0v) is 27.5. The molecule has 0 atom stereocenters. The molecular weight excluding hydrogens is 574 g/mol. The summed E-state index contributed by atoms with van der Waals surface area (Å²) in [6.07, 6.45) is 9.87. The number of aromatic nitrogens is 2. The third kappa shape index (κ3) is 5.31. The van der Waals surface area contributed by atoms with Gasteiger partial charge in [-0.1, -0.05) is 18.2 Å². The van der Waals surface area contributed by atoms with Crippen molar-refractivity contribution in [2.75, 3.05) is 67.0 Å². The molecule has 9 rings (SSSR count). The van der Waals surface area contributed by atoms with Crippen molar-refractivity contribution in [3.63, 3.8) is 0 Å². The number of nitrogens with one attached hydrogen (secondary N) is 1. The van der Waals surface area contributed by atoms with Crippen molar-refractivity contribution in [2.24, 2.45) is 17.8 Å². The Morgan fingerprint density at radius 2 is 1.65 bits per heavy atom. The number of aryl methyl sites for hydroxylation is 1. The molecule has 3 aromatic rings. The van der Waals surface area contributed by atoms with Gasteiger partial charge in [-0.25, -0.2) is 9.78 Å². The van der Waals surface area contributed by atoms with Gasteiger partial charge in [0.05, 0.1) is 24.4 Å². The highest BCUT2D eigenvalue weighted by atomic mass is 16.5. The second-order valence-corrected chi connectivity index (χ2v) is 14.7. The number of urea groups is 1. The smallest absolute Gasteiger partial charge is 0.331 e. The van der Waals surface area contributed by atoms with E-state index in [0.29, 0.717) is 36.9 Å². The molecule has 1 aromatic heterocycles. The van der Waals surface area contributed by atoms with Gasteiger partial charge in [0.2, 0.25) is 5.95 Å². The second kappa shape index (κ2) is 11.8. The normalized spacial score (nSPS) is 27.3. The first-order valence-corrected chi connectivity index (χ1v) is 17.2. The molecule has 3 heterocycles. The quantitative estimate of drug-likeness (QED) is 0.313. The van der Waals surface area contributed by atoms with Crippen molar-refractivity contribution < 1.29 is 9.53 Å². The van der Waals surface area contributed by atoms with Crippen LogP contribution in [0.25, 0.3) is 0 Å². The van der Waals surface area contributed by atoms with E-state index in [-0.39, 0.29) is 11.6 Å². The maximum atomic E-state index is 15.0. The zero-order valence-electron chi connectivity index (χ0n) is 27.5. The van der Waals surface area contributed by atoms with Crippen molar-refractivity contribution in [3.8, 4) is 0 Å². The fourth-order valence-corrected chi connectivity index (χ4v) is 9.62. The highest BCUT2D eigenvalue weighted by Gasteiger charge is 2.57. The summed E-state index contributed by atoms with van der Waals surface area (Å²) in [5, 5.41) is 3.47. The highest BCUT2D eigenvalue weighted by molar-refractivity contribution is 6.07. The first kappa shape index (κ1) is 29.7. The third-order valence-corrected chi connectivity index (χ3v) is 11.4. The van der Waals surface area contributed by atoms with Crippen LogP contribution in [0.3, 0.4) is 0 Å². The Bertz CT molecular complexity index is 1560. The average Bonchev–Trinajstić information content (AvgIpc) is 3.04. The number of carbonyl (C=O) groups excluding carboxylic acids is 1. The van der Waals surface area contributed by atoms with E-state index in [1.807, 2.05) is 11.1 Å². The lowest BCUT2D eigenvalue weighted by molar-refractivity contribution is -0.000911. The topological polar surface area (TPSA) is 77.1 Å². The molecule has 0 unspecified atom stereocenters. The lowest BCUT2D eigenvalue weighted by atomic mass is 9.52. The van der Waals surface area contributed by atoms with Gasteiger partial charge < -0.3 is 19.9 Å². The maximum absolute atomic E-state index is 15.0. The first-order valence-electron chi connectivity index (χ1n) is 17.2. The minimum Gasteiger partial charge on any atom is -0.384 e. The van der Waals surface area contributed by atoms with Crippen LogP contribution in [-0.4, -0.2) is 73.4 Å². The predicted octanol–water partition coefficient (Wildman–Crippen LogP) is 6.38. The second-order valence-electron chi connectivity index (χ2n) is 14.7. The van der Waals surface area contributed by atoms with E-state index >= 15 is 0 Å². The number of hydrogen-bond acceptors (Lipinski definition) is 7. The standard InChI is InChI=1S/C37H47N7O2/c1-25-5-4-6-29(11-16-46-3)33(25)43-24-30-23-38-35(39-31-7-9-32(10-8-31)42-14-12-41(2)13-15-42)40-34(30)44(36(43)45)37-20-26-17-27(21-37)19-28(18-26)22-37/h4-10,23,26-28H,11-22,24H2,1-3H3,(H,38,39,40). The van der Waals surface area contributed by atoms with Gasteiger partial charge in [-0.3, -0.25) is 9.80 Å². The van der Waals surface area contributed by atoms with E-state index in [1.165, 1.54) is 24.9 Å². The summed E-state index contributed by atoms with van der Waals surface area (Å²) in [6.45, 7) is 7.43. The number of fused-ring (bicyclic) bond motifs is 1. The van der Waals surface area contributed by atoms with Crippen molar-refractivity contribution in [2.45, 2.75) is 64.0 Å². The summed E-state index contributed by atoms with van der Waals surface area (Å²) < 4.78 is 5.46. The van der Waals surface area contributed by atoms with E-state index in [2.05, 4.69) is 76.5 Å². The molecule has 1 saturated heterocycles. The molecule has 9 nitrogen and oxygen atoms in total. The number of piperazine rings is 1. The van der Waals surface area contributed by atoms with Gasteiger partial charge in [0.25, 0.3) is 0 Å². The van der Waals surface area contributed by atoms with Crippen LogP contribution in [0.15, 0.2) is 48.7 Å².